The van der Waals surface area contributed by atoms with Crippen molar-refractivity contribution >= 4 is 23.4 Å². The summed E-state index contributed by atoms with van der Waals surface area (Å²) < 4.78 is 5.74. The molecule has 1 aliphatic rings. The Balaban J connectivity index is 1.61. The van der Waals surface area contributed by atoms with Gasteiger partial charge in [-0.15, -0.1) is 0 Å². The summed E-state index contributed by atoms with van der Waals surface area (Å²) in [5.41, 5.74) is 1.65. The topological polar surface area (TPSA) is 96.5 Å². The third-order valence-corrected chi connectivity index (χ3v) is 4.25. The first-order chi connectivity index (χ1) is 13.4. The molecule has 0 radical (unpaired) electrons. The highest BCUT2D eigenvalue weighted by molar-refractivity contribution is 6.10. The van der Waals surface area contributed by atoms with Crippen LogP contribution >= 0.6 is 0 Å². The van der Waals surface area contributed by atoms with E-state index in [1.54, 1.807) is 24.3 Å². The largest absolute Gasteiger partial charge is 0.491 e. The van der Waals surface area contributed by atoms with Crippen LogP contribution < -0.4 is 20.7 Å². The maximum absolute atomic E-state index is 12.4. The van der Waals surface area contributed by atoms with Crippen LogP contribution in [0.15, 0.2) is 48.5 Å². The summed E-state index contributed by atoms with van der Waals surface area (Å²) in [6.45, 7) is 4.13. The highest BCUT2D eigenvalue weighted by Crippen LogP contribution is 2.20. The number of fused-ring (bicyclic) bond motifs is 1. The number of benzene rings is 2. The molecule has 1 atom stereocenters. The fraction of sp³-hybridized carbons (Fsp3) is 0.286. The molecule has 0 bridgehead atoms. The SMILES string of the molecule is CC(C)Oc1ccccc1CNC(=O)C[C@@H]1NC(=O)c2ccccc2NC1=O. The lowest BCUT2D eigenvalue weighted by Gasteiger charge is -2.16. The number of carbonyl (C=O) groups is 3. The predicted octanol–water partition coefficient (Wildman–Crippen LogP) is 2.23. The molecule has 0 fully saturated rings. The first kappa shape index (κ1) is 19.4. The zero-order valence-electron chi connectivity index (χ0n) is 15.8. The number of hydrogen-bond acceptors (Lipinski definition) is 4. The molecule has 3 rings (SSSR count). The van der Waals surface area contributed by atoms with Gasteiger partial charge in [-0.3, -0.25) is 14.4 Å². The number of anilines is 1. The molecule has 7 nitrogen and oxygen atoms in total. The van der Waals surface area contributed by atoms with Crippen molar-refractivity contribution in [2.75, 3.05) is 5.32 Å². The molecule has 3 amide bonds. The van der Waals surface area contributed by atoms with Crippen LogP contribution in [-0.2, 0) is 16.1 Å². The number of hydrogen-bond donors (Lipinski definition) is 3. The quantitative estimate of drug-likeness (QED) is 0.715. The monoisotopic (exact) mass is 381 g/mol. The van der Waals surface area contributed by atoms with Crippen molar-refractivity contribution in [2.24, 2.45) is 0 Å². The fourth-order valence-electron chi connectivity index (χ4n) is 2.93. The maximum atomic E-state index is 12.4. The van der Waals surface area contributed by atoms with Gasteiger partial charge in [0.2, 0.25) is 11.8 Å². The normalized spacial score (nSPS) is 15.9. The van der Waals surface area contributed by atoms with Crippen molar-refractivity contribution in [1.82, 2.24) is 10.6 Å². The number of nitrogens with one attached hydrogen (secondary N) is 3. The van der Waals surface area contributed by atoms with Crippen LogP contribution in [0.3, 0.4) is 0 Å². The highest BCUT2D eigenvalue weighted by atomic mass is 16.5. The lowest BCUT2D eigenvalue weighted by molar-refractivity contribution is -0.125. The van der Waals surface area contributed by atoms with Crippen molar-refractivity contribution in [3.8, 4) is 5.75 Å². The number of para-hydroxylation sites is 2. The molecule has 0 aromatic heterocycles. The van der Waals surface area contributed by atoms with E-state index in [2.05, 4.69) is 16.0 Å². The maximum Gasteiger partial charge on any atom is 0.254 e. The van der Waals surface area contributed by atoms with E-state index >= 15 is 0 Å². The summed E-state index contributed by atoms with van der Waals surface area (Å²) in [7, 11) is 0. The molecule has 28 heavy (non-hydrogen) atoms. The molecule has 2 aromatic rings. The van der Waals surface area contributed by atoms with Crippen LogP contribution in [-0.4, -0.2) is 29.9 Å². The van der Waals surface area contributed by atoms with E-state index in [1.807, 2.05) is 38.1 Å². The van der Waals surface area contributed by atoms with E-state index in [0.29, 0.717) is 17.0 Å². The minimum Gasteiger partial charge on any atom is -0.491 e. The molecule has 146 valence electrons. The fourth-order valence-corrected chi connectivity index (χ4v) is 2.93. The first-order valence-corrected chi connectivity index (χ1v) is 9.16. The standard InChI is InChI=1S/C21H23N3O4/c1-13(2)28-18-10-6-3-7-14(18)12-22-19(25)11-17-21(27)23-16-9-5-4-8-15(16)20(26)24-17/h3-10,13,17H,11-12H2,1-2H3,(H,22,25)(H,23,27)(H,24,26)/t17-/m0/s1. The molecule has 0 unspecified atom stereocenters. The van der Waals surface area contributed by atoms with Gasteiger partial charge in [-0.1, -0.05) is 30.3 Å². The van der Waals surface area contributed by atoms with Gasteiger partial charge in [0.1, 0.15) is 11.8 Å². The van der Waals surface area contributed by atoms with Gasteiger partial charge in [-0.25, -0.2) is 0 Å². The number of ether oxygens (including phenoxy) is 1. The average molecular weight is 381 g/mol. The van der Waals surface area contributed by atoms with E-state index in [4.69, 9.17) is 4.74 Å². The van der Waals surface area contributed by atoms with Gasteiger partial charge in [0, 0.05) is 12.1 Å². The molecule has 0 aliphatic carbocycles. The van der Waals surface area contributed by atoms with E-state index < -0.39 is 11.9 Å². The first-order valence-electron chi connectivity index (χ1n) is 9.16. The van der Waals surface area contributed by atoms with Gasteiger partial charge in [-0.2, -0.15) is 0 Å². The Kier molecular flexibility index (Phi) is 5.93. The Morgan fingerprint density at radius 2 is 1.82 bits per heavy atom. The Bertz CT molecular complexity index is 895. The van der Waals surface area contributed by atoms with Crippen molar-refractivity contribution in [2.45, 2.75) is 39.0 Å². The van der Waals surface area contributed by atoms with Crippen LogP contribution in [0.1, 0.15) is 36.2 Å². The Labute approximate surface area is 163 Å². The second kappa shape index (κ2) is 8.56. The van der Waals surface area contributed by atoms with Gasteiger partial charge in [0.25, 0.3) is 5.91 Å². The molecule has 0 saturated heterocycles. The molecule has 7 heteroatoms. The summed E-state index contributed by atoms with van der Waals surface area (Å²) >= 11 is 0. The summed E-state index contributed by atoms with van der Waals surface area (Å²) in [5.74, 6) is -0.445. The second-order valence-corrected chi connectivity index (χ2v) is 6.82. The molecule has 0 spiro atoms. The lowest BCUT2D eigenvalue weighted by atomic mass is 10.1. The average Bonchev–Trinajstić information content (AvgIpc) is 2.77. The minimum atomic E-state index is -0.943. The summed E-state index contributed by atoms with van der Waals surface area (Å²) in [5, 5.41) is 8.09. The van der Waals surface area contributed by atoms with E-state index in [1.165, 1.54) is 0 Å². The molecule has 0 saturated carbocycles. The molecule has 2 aromatic carbocycles. The van der Waals surface area contributed by atoms with Crippen molar-refractivity contribution < 1.29 is 19.1 Å². The van der Waals surface area contributed by atoms with Crippen molar-refractivity contribution in [3.63, 3.8) is 0 Å². The zero-order chi connectivity index (χ0) is 20.1. The summed E-state index contributed by atoms with van der Waals surface area (Å²) in [6.07, 6.45) is -0.137. The van der Waals surface area contributed by atoms with Crippen LogP contribution in [0, 0.1) is 0 Å². The molecular weight excluding hydrogens is 358 g/mol. The van der Waals surface area contributed by atoms with Gasteiger partial charge in [0.05, 0.1) is 23.8 Å². The lowest BCUT2D eigenvalue weighted by Crippen LogP contribution is -2.44. The Morgan fingerprint density at radius 3 is 2.61 bits per heavy atom. The Morgan fingerprint density at radius 1 is 1.11 bits per heavy atom. The summed E-state index contributed by atoms with van der Waals surface area (Å²) in [4.78, 5) is 37.1. The molecule has 1 aliphatic heterocycles. The third kappa shape index (κ3) is 4.68. The number of rotatable bonds is 6. The van der Waals surface area contributed by atoms with Gasteiger partial charge in [0.15, 0.2) is 0 Å². The van der Waals surface area contributed by atoms with Gasteiger partial charge >= 0.3 is 0 Å². The zero-order valence-corrected chi connectivity index (χ0v) is 15.8. The molecular formula is C21H23N3O4. The number of carbonyl (C=O) groups excluding carboxylic acids is 3. The van der Waals surface area contributed by atoms with Crippen molar-refractivity contribution in [3.05, 3.63) is 59.7 Å². The van der Waals surface area contributed by atoms with E-state index in [0.717, 1.165) is 5.56 Å². The van der Waals surface area contributed by atoms with Crippen molar-refractivity contribution in [1.29, 1.82) is 0 Å². The van der Waals surface area contributed by atoms with Gasteiger partial charge in [-0.05, 0) is 32.0 Å². The third-order valence-electron chi connectivity index (χ3n) is 4.25. The van der Waals surface area contributed by atoms with E-state index in [-0.39, 0.29) is 30.9 Å². The number of amides is 3. The van der Waals surface area contributed by atoms with Crippen LogP contribution in [0.5, 0.6) is 5.75 Å². The Hall–Kier alpha value is -3.35. The van der Waals surface area contributed by atoms with Crippen LogP contribution in [0.2, 0.25) is 0 Å². The van der Waals surface area contributed by atoms with E-state index in [9.17, 15) is 14.4 Å². The highest BCUT2D eigenvalue weighted by Gasteiger charge is 2.29. The predicted molar refractivity (Wildman–Crippen MR) is 105 cm³/mol. The smallest absolute Gasteiger partial charge is 0.254 e. The summed E-state index contributed by atoms with van der Waals surface area (Å²) in [6, 6.07) is 13.2. The molecule has 1 heterocycles. The second-order valence-electron chi connectivity index (χ2n) is 6.82. The minimum absolute atomic E-state index is 0.0170. The van der Waals surface area contributed by atoms with Crippen LogP contribution in [0.4, 0.5) is 5.69 Å². The molecule has 3 N–H and O–H groups in total. The van der Waals surface area contributed by atoms with Gasteiger partial charge < -0.3 is 20.7 Å². The van der Waals surface area contributed by atoms with Crippen LogP contribution in [0.25, 0.3) is 0 Å².